The zero-order chi connectivity index (χ0) is 13.2. The molecule has 0 amide bonds. The fraction of sp³-hybridized carbons (Fsp3) is 0.600. The van der Waals surface area contributed by atoms with E-state index in [0.29, 0.717) is 18.0 Å². The molecule has 2 aliphatic rings. The highest BCUT2D eigenvalue weighted by atomic mass is 35.5. The van der Waals surface area contributed by atoms with Crippen LogP contribution in [0.2, 0.25) is 0 Å². The van der Waals surface area contributed by atoms with Gasteiger partial charge in [-0.05, 0) is 49.9 Å². The number of piperidine rings is 1. The number of fused-ring (bicyclic) bond motifs is 1. The Bertz CT molecular complexity index is 461. The number of nitrogens with one attached hydrogen (secondary N) is 1. The molecule has 20 heavy (non-hydrogen) atoms. The van der Waals surface area contributed by atoms with Crippen LogP contribution in [0, 0.1) is 17.6 Å². The minimum atomic E-state index is -0.722. The molecule has 1 aromatic rings. The Balaban J connectivity index is 0.00000147. The molecule has 2 aliphatic heterocycles. The summed E-state index contributed by atoms with van der Waals surface area (Å²) in [7, 11) is 0. The van der Waals surface area contributed by atoms with Gasteiger partial charge in [-0.2, -0.15) is 0 Å². The molecule has 2 nitrogen and oxygen atoms in total. The summed E-state index contributed by atoms with van der Waals surface area (Å²) in [4.78, 5) is 2.27. The Hall–Kier alpha value is -0.710. The molecule has 1 saturated heterocycles. The van der Waals surface area contributed by atoms with Crippen LogP contribution < -0.4 is 5.32 Å². The highest BCUT2D eigenvalue weighted by Crippen LogP contribution is 2.25. The summed E-state index contributed by atoms with van der Waals surface area (Å²) in [5.74, 6) is -0.726. The molecule has 0 aliphatic carbocycles. The lowest BCUT2D eigenvalue weighted by molar-refractivity contribution is 0.190. The molecule has 1 atom stereocenters. The van der Waals surface area contributed by atoms with Gasteiger partial charge in [-0.3, -0.25) is 4.90 Å². The molecule has 112 valence electrons. The molecule has 1 unspecified atom stereocenters. The summed E-state index contributed by atoms with van der Waals surface area (Å²) in [6.45, 7) is 4.65. The highest BCUT2D eigenvalue weighted by Gasteiger charge is 2.24. The molecule has 1 N–H and O–H groups in total. The van der Waals surface area contributed by atoms with Gasteiger partial charge in [0, 0.05) is 25.2 Å². The molecule has 2 heterocycles. The minimum absolute atomic E-state index is 0. The van der Waals surface area contributed by atoms with Gasteiger partial charge in [0.05, 0.1) is 0 Å². The van der Waals surface area contributed by atoms with E-state index in [9.17, 15) is 8.78 Å². The van der Waals surface area contributed by atoms with Gasteiger partial charge in [0.15, 0.2) is 11.6 Å². The van der Waals surface area contributed by atoms with Crippen LogP contribution >= 0.6 is 12.4 Å². The van der Waals surface area contributed by atoms with Crippen LogP contribution in [-0.4, -0.2) is 31.1 Å². The molecule has 0 radical (unpaired) electrons. The normalized spacial score (nSPS) is 23.0. The number of benzene rings is 1. The molecule has 0 saturated carbocycles. The van der Waals surface area contributed by atoms with Crippen LogP contribution in [0.25, 0.3) is 0 Å². The molecular weight excluding hydrogens is 282 g/mol. The third-order valence-corrected chi connectivity index (χ3v) is 4.29. The van der Waals surface area contributed by atoms with Crippen molar-refractivity contribution in [3.63, 3.8) is 0 Å². The number of hydrogen-bond acceptors (Lipinski definition) is 2. The standard InChI is InChI=1S/C15H20F2N2.ClH/c16-14-4-3-12-5-7-19(10-13(12)15(14)17)9-11-2-1-6-18-8-11;/h3-4,11,18H,1-2,5-10H2;1H. The summed E-state index contributed by atoms with van der Waals surface area (Å²) in [6.07, 6.45) is 3.28. The first-order valence-electron chi connectivity index (χ1n) is 7.13. The fourth-order valence-electron chi connectivity index (χ4n) is 3.22. The minimum Gasteiger partial charge on any atom is -0.316 e. The van der Waals surface area contributed by atoms with Crippen molar-refractivity contribution >= 4 is 12.4 Å². The van der Waals surface area contributed by atoms with Gasteiger partial charge in [0.25, 0.3) is 0 Å². The second-order valence-electron chi connectivity index (χ2n) is 5.70. The number of rotatable bonds is 2. The van der Waals surface area contributed by atoms with E-state index < -0.39 is 11.6 Å². The maximum atomic E-state index is 13.8. The van der Waals surface area contributed by atoms with Gasteiger partial charge in [0.1, 0.15) is 0 Å². The first-order chi connectivity index (χ1) is 9.24. The van der Waals surface area contributed by atoms with Crippen molar-refractivity contribution in [3.05, 3.63) is 34.9 Å². The van der Waals surface area contributed by atoms with E-state index in [-0.39, 0.29) is 12.4 Å². The van der Waals surface area contributed by atoms with Crippen molar-refractivity contribution in [2.45, 2.75) is 25.8 Å². The summed E-state index contributed by atoms with van der Waals surface area (Å²) in [5, 5.41) is 3.40. The van der Waals surface area contributed by atoms with Crippen LogP contribution in [0.5, 0.6) is 0 Å². The average molecular weight is 303 g/mol. The van der Waals surface area contributed by atoms with E-state index in [1.807, 2.05) is 0 Å². The van der Waals surface area contributed by atoms with Crippen molar-refractivity contribution in [1.82, 2.24) is 10.2 Å². The summed E-state index contributed by atoms with van der Waals surface area (Å²) < 4.78 is 27.1. The average Bonchev–Trinajstić information content (AvgIpc) is 2.45. The monoisotopic (exact) mass is 302 g/mol. The van der Waals surface area contributed by atoms with Crippen LogP contribution in [0.1, 0.15) is 24.0 Å². The maximum Gasteiger partial charge on any atom is 0.163 e. The summed E-state index contributed by atoms with van der Waals surface area (Å²) >= 11 is 0. The van der Waals surface area contributed by atoms with Crippen LogP contribution in [0.15, 0.2) is 12.1 Å². The predicted molar refractivity (Wildman–Crippen MR) is 78.2 cm³/mol. The van der Waals surface area contributed by atoms with Crippen molar-refractivity contribution in [3.8, 4) is 0 Å². The van der Waals surface area contributed by atoms with E-state index in [2.05, 4.69) is 10.2 Å². The first kappa shape index (κ1) is 15.7. The molecule has 0 bridgehead atoms. The summed E-state index contributed by atoms with van der Waals surface area (Å²) in [5.41, 5.74) is 1.53. The molecule has 1 fully saturated rings. The second kappa shape index (κ2) is 6.83. The Morgan fingerprint density at radius 2 is 2.15 bits per heavy atom. The first-order valence-corrected chi connectivity index (χ1v) is 7.13. The van der Waals surface area contributed by atoms with Gasteiger partial charge in [-0.25, -0.2) is 8.78 Å². The van der Waals surface area contributed by atoms with Crippen LogP contribution in [-0.2, 0) is 13.0 Å². The van der Waals surface area contributed by atoms with Gasteiger partial charge < -0.3 is 5.32 Å². The maximum absolute atomic E-state index is 13.8. The topological polar surface area (TPSA) is 15.3 Å². The lowest BCUT2D eigenvalue weighted by Crippen LogP contribution is -2.40. The van der Waals surface area contributed by atoms with E-state index in [1.54, 1.807) is 6.07 Å². The van der Waals surface area contributed by atoms with Crippen molar-refractivity contribution in [1.29, 1.82) is 0 Å². The zero-order valence-corrected chi connectivity index (χ0v) is 12.3. The molecule has 3 rings (SSSR count). The van der Waals surface area contributed by atoms with Crippen molar-refractivity contribution in [2.24, 2.45) is 5.92 Å². The summed E-state index contributed by atoms with van der Waals surface area (Å²) in [6, 6.07) is 2.97. The highest BCUT2D eigenvalue weighted by molar-refractivity contribution is 5.85. The predicted octanol–water partition coefficient (Wildman–Crippen LogP) is 2.74. The quantitative estimate of drug-likeness (QED) is 0.904. The number of nitrogens with zero attached hydrogens (tertiary/aromatic N) is 1. The van der Waals surface area contributed by atoms with E-state index >= 15 is 0 Å². The Morgan fingerprint density at radius 3 is 2.90 bits per heavy atom. The molecule has 0 spiro atoms. The third kappa shape index (κ3) is 3.30. The number of halogens is 3. The van der Waals surface area contributed by atoms with Crippen molar-refractivity contribution in [2.75, 3.05) is 26.2 Å². The van der Waals surface area contributed by atoms with Crippen LogP contribution in [0.3, 0.4) is 0 Å². The van der Waals surface area contributed by atoms with E-state index in [1.165, 1.54) is 18.9 Å². The second-order valence-corrected chi connectivity index (χ2v) is 5.70. The lowest BCUT2D eigenvalue weighted by Gasteiger charge is -2.33. The molecular formula is C15H21ClF2N2. The largest absolute Gasteiger partial charge is 0.316 e. The Morgan fingerprint density at radius 1 is 1.30 bits per heavy atom. The molecule has 1 aromatic carbocycles. The number of hydrogen-bond donors (Lipinski definition) is 1. The molecule has 5 heteroatoms. The van der Waals surface area contributed by atoms with Gasteiger partial charge >= 0.3 is 0 Å². The smallest absolute Gasteiger partial charge is 0.163 e. The fourth-order valence-corrected chi connectivity index (χ4v) is 3.22. The third-order valence-electron chi connectivity index (χ3n) is 4.29. The zero-order valence-electron chi connectivity index (χ0n) is 11.5. The van der Waals surface area contributed by atoms with Gasteiger partial charge in [-0.15, -0.1) is 12.4 Å². The van der Waals surface area contributed by atoms with E-state index in [0.717, 1.165) is 38.2 Å². The SMILES string of the molecule is Cl.Fc1ccc2c(c1F)CN(CC1CCCNC1)CC2. The van der Waals surface area contributed by atoms with Crippen molar-refractivity contribution < 1.29 is 8.78 Å². The van der Waals surface area contributed by atoms with Gasteiger partial charge in [-0.1, -0.05) is 6.07 Å². The Labute approximate surface area is 124 Å². The lowest BCUT2D eigenvalue weighted by atomic mass is 9.95. The van der Waals surface area contributed by atoms with Crippen LogP contribution in [0.4, 0.5) is 8.78 Å². The van der Waals surface area contributed by atoms with E-state index in [4.69, 9.17) is 0 Å². The Kier molecular flexibility index (Phi) is 5.35. The van der Waals surface area contributed by atoms with Gasteiger partial charge in [0.2, 0.25) is 0 Å². The molecule has 0 aromatic heterocycles.